The molecule has 0 aromatic rings. The summed E-state index contributed by atoms with van der Waals surface area (Å²) in [5, 5.41) is 28.0. The van der Waals surface area contributed by atoms with Crippen LogP contribution in [0.5, 0.6) is 0 Å². The lowest BCUT2D eigenvalue weighted by Crippen LogP contribution is -2.39. The van der Waals surface area contributed by atoms with Gasteiger partial charge in [-0.2, -0.15) is 0 Å². The predicted octanol–water partition coefficient (Wildman–Crippen LogP) is 1.06. The highest BCUT2D eigenvalue weighted by molar-refractivity contribution is 4.81. The second kappa shape index (κ2) is 6.35. The number of hydrogen-bond acceptors (Lipinski definition) is 3. The minimum absolute atomic E-state index is 0.0661. The molecule has 0 radical (unpaired) electrons. The van der Waals surface area contributed by atoms with Crippen molar-refractivity contribution in [3.63, 3.8) is 0 Å². The van der Waals surface area contributed by atoms with Crippen LogP contribution in [0.15, 0.2) is 0 Å². The zero-order valence-corrected chi connectivity index (χ0v) is 8.66. The van der Waals surface area contributed by atoms with Gasteiger partial charge in [0, 0.05) is 6.61 Å². The van der Waals surface area contributed by atoms with E-state index in [9.17, 15) is 10.2 Å². The monoisotopic (exact) mass is 190 g/mol. The average Bonchev–Trinajstić information content (AvgIpc) is 2.10. The number of aliphatic hydroxyl groups is 3. The van der Waals surface area contributed by atoms with Gasteiger partial charge >= 0.3 is 0 Å². The van der Waals surface area contributed by atoms with Crippen LogP contribution in [0.2, 0.25) is 0 Å². The third-order valence-electron chi connectivity index (χ3n) is 2.39. The summed E-state index contributed by atoms with van der Waals surface area (Å²) < 4.78 is 0. The lowest BCUT2D eigenvalue weighted by molar-refractivity contribution is -0.0733. The molecule has 0 rings (SSSR count). The summed E-state index contributed by atoms with van der Waals surface area (Å²) in [7, 11) is 0. The lowest BCUT2D eigenvalue weighted by atomic mass is 9.90. The van der Waals surface area contributed by atoms with E-state index in [4.69, 9.17) is 5.11 Å². The Balaban J connectivity index is 3.80. The summed E-state index contributed by atoms with van der Waals surface area (Å²) >= 11 is 0. The molecule has 0 aromatic carbocycles. The lowest BCUT2D eigenvalue weighted by Gasteiger charge is -2.28. The molecule has 3 nitrogen and oxygen atoms in total. The van der Waals surface area contributed by atoms with Crippen molar-refractivity contribution < 1.29 is 15.3 Å². The normalized spacial score (nSPS) is 18.2. The van der Waals surface area contributed by atoms with Crippen molar-refractivity contribution in [3.8, 4) is 0 Å². The molecule has 80 valence electrons. The summed E-state index contributed by atoms with van der Waals surface area (Å²) in [6.07, 6.45) is 2.90. The van der Waals surface area contributed by atoms with E-state index in [-0.39, 0.29) is 6.61 Å². The largest absolute Gasteiger partial charge is 0.396 e. The Morgan fingerprint density at radius 3 is 2.38 bits per heavy atom. The number of unbranched alkanes of at least 4 members (excludes halogenated alkanes) is 1. The number of rotatable bonds is 7. The molecule has 0 fully saturated rings. The first kappa shape index (κ1) is 12.9. The van der Waals surface area contributed by atoms with Gasteiger partial charge in [-0.25, -0.2) is 0 Å². The molecule has 0 aliphatic heterocycles. The maximum absolute atomic E-state index is 9.78. The van der Waals surface area contributed by atoms with E-state index < -0.39 is 11.7 Å². The van der Waals surface area contributed by atoms with Crippen LogP contribution in [0.4, 0.5) is 0 Å². The molecule has 0 aromatic heterocycles. The van der Waals surface area contributed by atoms with Gasteiger partial charge in [0.05, 0.1) is 11.7 Å². The number of hydrogen-bond donors (Lipinski definition) is 3. The van der Waals surface area contributed by atoms with Crippen LogP contribution in [0.25, 0.3) is 0 Å². The van der Waals surface area contributed by atoms with Crippen molar-refractivity contribution in [3.05, 3.63) is 0 Å². The van der Waals surface area contributed by atoms with E-state index in [0.29, 0.717) is 19.3 Å². The fraction of sp³-hybridized carbons (Fsp3) is 1.00. The van der Waals surface area contributed by atoms with Crippen LogP contribution in [-0.2, 0) is 0 Å². The van der Waals surface area contributed by atoms with E-state index in [1.54, 1.807) is 6.92 Å². The molecule has 0 bridgehead atoms. The molecule has 0 amide bonds. The first-order chi connectivity index (χ1) is 6.04. The van der Waals surface area contributed by atoms with E-state index in [1.165, 1.54) is 0 Å². The molecule has 3 heteroatoms. The van der Waals surface area contributed by atoms with Gasteiger partial charge in [-0.3, -0.25) is 0 Å². The first-order valence-corrected chi connectivity index (χ1v) is 5.06. The molecule has 0 saturated carbocycles. The highest BCUT2D eigenvalue weighted by Crippen LogP contribution is 2.20. The van der Waals surface area contributed by atoms with Gasteiger partial charge in [-0.15, -0.1) is 0 Å². The number of aliphatic hydroxyl groups excluding tert-OH is 2. The van der Waals surface area contributed by atoms with E-state index >= 15 is 0 Å². The molecule has 0 aliphatic rings. The summed E-state index contributed by atoms with van der Waals surface area (Å²) in [6, 6.07) is 0. The molecule has 0 spiro atoms. The molecule has 3 N–H and O–H groups in total. The maximum atomic E-state index is 9.78. The fourth-order valence-electron chi connectivity index (χ4n) is 1.31. The first-order valence-electron chi connectivity index (χ1n) is 5.06. The second-order valence-electron chi connectivity index (χ2n) is 3.84. The Kier molecular flexibility index (Phi) is 6.29. The third kappa shape index (κ3) is 5.24. The van der Waals surface area contributed by atoms with Crippen LogP contribution in [0.1, 0.15) is 46.0 Å². The predicted molar refractivity (Wildman–Crippen MR) is 52.5 cm³/mol. The molecular weight excluding hydrogens is 168 g/mol. The van der Waals surface area contributed by atoms with Gasteiger partial charge in [0.1, 0.15) is 0 Å². The minimum atomic E-state index is -1.04. The minimum Gasteiger partial charge on any atom is -0.396 e. The highest BCUT2D eigenvalue weighted by atomic mass is 16.3. The standard InChI is InChI=1S/C10H22O3/c1-3-4-6-9(12)10(2,13)7-5-8-11/h9,11-13H,3-8H2,1-2H3. The van der Waals surface area contributed by atoms with Crippen molar-refractivity contribution in [1.29, 1.82) is 0 Å². The van der Waals surface area contributed by atoms with Crippen molar-refractivity contribution in [2.24, 2.45) is 0 Å². The van der Waals surface area contributed by atoms with Crippen LogP contribution in [0.3, 0.4) is 0 Å². The fourth-order valence-corrected chi connectivity index (χ4v) is 1.31. The van der Waals surface area contributed by atoms with Gasteiger partial charge in [0.2, 0.25) is 0 Å². The Morgan fingerprint density at radius 1 is 1.31 bits per heavy atom. The summed E-state index contributed by atoms with van der Waals surface area (Å²) in [5.74, 6) is 0. The van der Waals surface area contributed by atoms with Crippen molar-refractivity contribution in [2.45, 2.75) is 57.7 Å². The van der Waals surface area contributed by atoms with Crippen LogP contribution >= 0.6 is 0 Å². The van der Waals surface area contributed by atoms with Crippen LogP contribution in [0, 0.1) is 0 Å². The Morgan fingerprint density at radius 2 is 1.92 bits per heavy atom. The Hall–Kier alpha value is -0.120. The van der Waals surface area contributed by atoms with E-state index in [1.807, 2.05) is 0 Å². The molecule has 0 saturated heterocycles. The van der Waals surface area contributed by atoms with Gasteiger partial charge in [-0.05, 0) is 26.2 Å². The van der Waals surface area contributed by atoms with E-state index in [2.05, 4.69) is 6.92 Å². The summed E-state index contributed by atoms with van der Waals surface area (Å²) in [4.78, 5) is 0. The maximum Gasteiger partial charge on any atom is 0.0878 e. The van der Waals surface area contributed by atoms with Crippen molar-refractivity contribution in [1.82, 2.24) is 0 Å². The van der Waals surface area contributed by atoms with Gasteiger partial charge in [0.15, 0.2) is 0 Å². The average molecular weight is 190 g/mol. The van der Waals surface area contributed by atoms with Gasteiger partial charge < -0.3 is 15.3 Å². The highest BCUT2D eigenvalue weighted by Gasteiger charge is 2.28. The third-order valence-corrected chi connectivity index (χ3v) is 2.39. The molecular formula is C10H22O3. The van der Waals surface area contributed by atoms with Crippen molar-refractivity contribution in [2.75, 3.05) is 6.61 Å². The van der Waals surface area contributed by atoms with Gasteiger partial charge in [-0.1, -0.05) is 19.8 Å². The molecule has 0 aliphatic carbocycles. The van der Waals surface area contributed by atoms with Gasteiger partial charge in [0.25, 0.3) is 0 Å². The summed E-state index contributed by atoms with van der Waals surface area (Å²) in [5.41, 5.74) is -1.04. The quantitative estimate of drug-likeness (QED) is 0.562. The Bertz CT molecular complexity index is 123. The SMILES string of the molecule is CCCCC(O)C(C)(O)CCCO. The molecule has 0 heterocycles. The second-order valence-corrected chi connectivity index (χ2v) is 3.84. The van der Waals surface area contributed by atoms with Crippen LogP contribution in [-0.4, -0.2) is 33.6 Å². The van der Waals surface area contributed by atoms with Crippen molar-refractivity contribution >= 4 is 0 Å². The van der Waals surface area contributed by atoms with Crippen LogP contribution < -0.4 is 0 Å². The molecule has 2 unspecified atom stereocenters. The zero-order valence-electron chi connectivity index (χ0n) is 8.66. The zero-order chi connectivity index (χ0) is 10.3. The summed E-state index contributed by atoms with van der Waals surface area (Å²) in [6.45, 7) is 3.74. The topological polar surface area (TPSA) is 60.7 Å². The smallest absolute Gasteiger partial charge is 0.0878 e. The molecule has 2 atom stereocenters. The molecule has 13 heavy (non-hydrogen) atoms. The van der Waals surface area contributed by atoms with E-state index in [0.717, 1.165) is 12.8 Å². The Labute approximate surface area is 80.4 Å².